The standard InChI is InChI=1S/C13H15BrF3NO/c1-3-9(4-2)18-12(19)10-7-8(13(15,16)17)5-6-11(10)14/h5-7,9H,3-4H2,1-2H3,(H,18,19). The summed E-state index contributed by atoms with van der Waals surface area (Å²) in [4.78, 5) is 12.0. The number of carbonyl (C=O) groups excluding carboxylic acids is 1. The second-order valence-electron chi connectivity index (χ2n) is 4.18. The van der Waals surface area contributed by atoms with Gasteiger partial charge in [-0.25, -0.2) is 0 Å². The van der Waals surface area contributed by atoms with E-state index in [9.17, 15) is 18.0 Å². The van der Waals surface area contributed by atoms with Crippen LogP contribution >= 0.6 is 15.9 Å². The molecule has 1 amide bonds. The van der Waals surface area contributed by atoms with Gasteiger partial charge in [0.2, 0.25) is 0 Å². The van der Waals surface area contributed by atoms with Crippen molar-refractivity contribution < 1.29 is 18.0 Å². The molecule has 0 unspecified atom stereocenters. The molecule has 6 heteroatoms. The highest BCUT2D eigenvalue weighted by Crippen LogP contribution is 2.31. The molecule has 0 radical (unpaired) electrons. The molecule has 1 aromatic rings. The van der Waals surface area contributed by atoms with Gasteiger partial charge in [0.25, 0.3) is 5.91 Å². The van der Waals surface area contributed by atoms with Crippen LogP contribution in [-0.2, 0) is 6.18 Å². The van der Waals surface area contributed by atoms with Crippen molar-refractivity contribution >= 4 is 21.8 Å². The molecule has 0 saturated carbocycles. The van der Waals surface area contributed by atoms with Crippen LogP contribution in [0, 0.1) is 0 Å². The quantitative estimate of drug-likeness (QED) is 0.867. The molecule has 1 rings (SSSR count). The van der Waals surface area contributed by atoms with E-state index >= 15 is 0 Å². The molecule has 106 valence electrons. The highest BCUT2D eigenvalue weighted by atomic mass is 79.9. The van der Waals surface area contributed by atoms with E-state index in [1.54, 1.807) is 0 Å². The van der Waals surface area contributed by atoms with E-state index in [1.807, 2.05) is 13.8 Å². The number of hydrogen-bond donors (Lipinski definition) is 1. The topological polar surface area (TPSA) is 29.1 Å². The van der Waals surface area contributed by atoms with Gasteiger partial charge in [-0.2, -0.15) is 13.2 Å². The van der Waals surface area contributed by atoms with Crippen molar-refractivity contribution in [1.82, 2.24) is 5.32 Å². The minimum atomic E-state index is -4.45. The molecule has 0 aliphatic carbocycles. The molecule has 0 heterocycles. The predicted octanol–water partition coefficient (Wildman–Crippen LogP) is 4.39. The molecular weight excluding hydrogens is 323 g/mol. The zero-order valence-electron chi connectivity index (χ0n) is 10.6. The molecule has 0 spiro atoms. The second-order valence-corrected chi connectivity index (χ2v) is 5.03. The van der Waals surface area contributed by atoms with Crippen molar-refractivity contribution in [3.8, 4) is 0 Å². The molecule has 0 aliphatic heterocycles. The Bertz CT molecular complexity index is 456. The minimum Gasteiger partial charge on any atom is -0.349 e. The number of alkyl halides is 3. The number of amides is 1. The van der Waals surface area contributed by atoms with Gasteiger partial charge in [0.1, 0.15) is 0 Å². The fourth-order valence-electron chi connectivity index (χ4n) is 1.63. The molecule has 0 aromatic heterocycles. The van der Waals surface area contributed by atoms with E-state index in [1.165, 1.54) is 6.07 Å². The lowest BCUT2D eigenvalue weighted by molar-refractivity contribution is -0.137. The van der Waals surface area contributed by atoms with Gasteiger partial charge in [0.15, 0.2) is 0 Å². The average Bonchev–Trinajstić information content (AvgIpc) is 2.34. The molecule has 0 saturated heterocycles. The van der Waals surface area contributed by atoms with Gasteiger partial charge in [-0.15, -0.1) is 0 Å². The lowest BCUT2D eigenvalue weighted by Crippen LogP contribution is -2.34. The Morgan fingerprint density at radius 2 is 1.89 bits per heavy atom. The fraction of sp³-hybridized carbons (Fsp3) is 0.462. The van der Waals surface area contributed by atoms with Crippen LogP contribution in [0.5, 0.6) is 0 Å². The Hall–Kier alpha value is -1.04. The largest absolute Gasteiger partial charge is 0.416 e. The number of halogens is 4. The number of hydrogen-bond acceptors (Lipinski definition) is 1. The highest BCUT2D eigenvalue weighted by molar-refractivity contribution is 9.10. The maximum absolute atomic E-state index is 12.6. The minimum absolute atomic E-state index is 0.00160. The summed E-state index contributed by atoms with van der Waals surface area (Å²) in [5, 5.41) is 2.72. The van der Waals surface area contributed by atoms with E-state index in [-0.39, 0.29) is 11.6 Å². The Morgan fingerprint density at radius 1 is 1.32 bits per heavy atom. The van der Waals surface area contributed by atoms with Crippen LogP contribution in [0.2, 0.25) is 0 Å². The summed E-state index contributed by atoms with van der Waals surface area (Å²) in [6.45, 7) is 3.82. The van der Waals surface area contributed by atoms with Crippen molar-refractivity contribution in [2.24, 2.45) is 0 Å². The van der Waals surface area contributed by atoms with E-state index < -0.39 is 17.6 Å². The normalized spacial score (nSPS) is 11.7. The SMILES string of the molecule is CCC(CC)NC(=O)c1cc(C(F)(F)F)ccc1Br. The maximum Gasteiger partial charge on any atom is 0.416 e. The summed E-state index contributed by atoms with van der Waals surface area (Å²) in [6.07, 6.45) is -2.98. The van der Waals surface area contributed by atoms with Gasteiger partial charge < -0.3 is 5.32 Å². The van der Waals surface area contributed by atoms with Crippen molar-refractivity contribution in [3.63, 3.8) is 0 Å². The molecule has 0 fully saturated rings. The third-order valence-electron chi connectivity index (χ3n) is 2.86. The van der Waals surface area contributed by atoms with Crippen LogP contribution in [0.25, 0.3) is 0 Å². The number of rotatable bonds is 4. The average molecular weight is 338 g/mol. The molecule has 2 nitrogen and oxygen atoms in total. The van der Waals surface area contributed by atoms with Gasteiger partial charge in [-0.1, -0.05) is 13.8 Å². The molecule has 1 N–H and O–H groups in total. The van der Waals surface area contributed by atoms with Crippen LogP contribution in [0.15, 0.2) is 22.7 Å². The summed E-state index contributed by atoms with van der Waals surface area (Å²) in [6, 6.07) is 3.01. The van der Waals surface area contributed by atoms with E-state index in [2.05, 4.69) is 21.2 Å². The van der Waals surface area contributed by atoms with Crippen molar-refractivity contribution in [2.75, 3.05) is 0 Å². The summed E-state index contributed by atoms with van der Waals surface area (Å²) >= 11 is 3.10. The number of benzene rings is 1. The van der Waals surface area contributed by atoms with E-state index in [0.717, 1.165) is 25.0 Å². The number of nitrogens with one attached hydrogen (secondary N) is 1. The first kappa shape index (κ1) is 16.0. The lowest BCUT2D eigenvalue weighted by Gasteiger charge is -2.16. The van der Waals surface area contributed by atoms with Gasteiger partial charge in [0.05, 0.1) is 11.1 Å². The summed E-state index contributed by atoms with van der Waals surface area (Å²) in [5.74, 6) is -0.494. The van der Waals surface area contributed by atoms with Crippen LogP contribution in [0.3, 0.4) is 0 Å². The highest BCUT2D eigenvalue weighted by Gasteiger charge is 2.31. The maximum atomic E-state index is 12.6. The van der Waals surface area contributed by atoms with E-state index in [4.69, 9.17) is 0 Å². The zero-order valence-corrected chi connectivity index (χ0v) is 12.2. The summed E-state index contributed by atoms with van der Waals surface area (Å²) < 4.78 is 38.2. The zero-order chi connectivity index (χ0) is 14.6. The van der Waals surface area contributed by atoms with Gasteiger partial charge in [0, 0.05) is 10.5 Å². The van der Waals surface area contributed by atoms with Gasteiger partial charge in [-0.05, 0) is 47.0 Å². The first-order chi connectivity index (χ1) is 8.79. The summed E-state index contributed by atoms with van der Waals surface area (Å²) in [5.41, 5.74) is -0.827. The third kappa shape index (κ3) is 4.23. The van der Waals surface area contributed by atoms with E-state index in [0.29, 0.717) is 4.47 Å². The fourth-order valence-corrected chi connectivity index (χ4v) is 2.06. The van der Waals surface area contributed by atoms with Crippen molar-refractivity contribution in [1.29, 1.82) is 0 Å². The molecule has 19 heavy (non-hydrogen) atoms. The Labute approximate surface area is 118 Å². The first-order valence-corrected chi connectivity index (χ1v) is 6.76. The second kappa shape index (κ2) is 6.41. The lowest BCUT2D eigenvalue weighted by atomic mass is 10.1. The van der Waals surface area contributed by atoms with Crippen LogP contribution in [0.1, 0.15) is 42.6 Å². The smallest absolute Gasteiger partial charge is 0.349 e. The third-order valence-corrected chi connectivity index (χ3v) is 3.55. The Kier molecular flexibility index (Phi) is 5.40. The van der Waals surface area contributed by atoms with Gasteiger partial charge >= 0.3 is 6.18 Å². The van der Waals surface area contributed by atoms with Crippen molar-refractivity contribution in [2.45, 2.75) is 38.9 Å². The van der Waals surface area contributed by atoms with Crippen LogP contribution < -0.4 is 5.32 Å². The molecule has 0 atom stereocenters. The summed E-state index contributed by atoms with van der Waals surface area (Å²) in [7, 11) is 0. The van der Waals surface area contributed by atoms with Crippen molar-refractivity contribution in [3.05, 3.63) is 33.8 Å². The molecule has 0 bridgehead atoms. The molecule has 1 aromatic carbocycles. The molecule has 0 aliphatic rings. The van der Waals surface area contributed by atoms with Crippen LogP contribution in [0.4, 0.5) is 13.2 Å². The molecular formula is C13H15BrF3NO. The predicted molar refractivity (Wildman–Crippen MR) is 71.0 cm³/mol. The first-order valence-electron chi connectivity index (χ1n) is 5.97. The Morgan fingerprint density at radius 3 is 2.37 bits per heavy atom. The van der Waals surface area contributed by atoms with Crippen LogP contribution in [-0.4, -0.2) is 11.9 Å². The Balaban J connectivity index is 3.02. The monoisotopic (exact) mass is 337 g/mol. The number of carbonyl (C=O) groups is 1. The van der Waals surface area contributed by atoms with Gasteiger partial charge in [-0.3, -0.25) is 4.79 Å².